The van der Waals surface area contributed by atoms with Crippen molar-refractivity contribution in [2.45, 2.75) is 37.3 Å². The third kappa shape index (κ3) is 1.89. The quantitative estimate of drug-likeness (QED) is 0.796. The summed E-state index contributed by atoms with van der Waals surface area (Å²) in [7, 11) is 0. The van der Waals surface area contributed by atoms with Crippen LogP contribution in [0.1, 0.15) is 18.3 Å². The van der Waals surface area contributed by atoms with Crippen LogP contribution >= 0.6 is 0 Å². The molecule has 4 rings (SSSR count). The van der Waals surface area contributed by atoms with Crippen molar-refractivity contribution in [2.24, 2.45) is 11.8 Å². The van der Waals surface area contributed by atoms with Crippen LogP contribution in [0.2, 0.25) is 0 Å². The monoisotopic (exact) mass is 278 g/mol. The molecular formula is C15H18O5. The zero-order valence-electron chi connectivity index (χ0n) is 11.0. The van der Waals surface area contributed by atoms with E-state index >= 15 is 0 Å². The summed E-state index contributed by atoms with van der Waals surface area (Å²) < 4.78 is 17.2. The molecule has 0 radical (unpaired) electrons. The van der Waals surface area contributed by atoms with E-state index in [9.17, 15) is 10.2 Å². The number of aliphatic hydroxyl groups excluding tert-OH is 2. The average molecular weight is 278 g/mol. The van der Waals surface area contributed by atoms with Gasteiger partial charge < -0.3 is 24.4 Å². The van der Waals surface area contributed by atoms with Gasteiger partial charge in [-0.05, 0) is 0 Å². The summed E-state index contributed by atoms with van der Waals surface area (Å²) in [5.74, 6) is -0.00108. The summed E-state index contributed by atoms with van der Waals surface area (Å²) in [4.78, 5) is 0. The predicted molar refractivity (Wildman–Crippen MR) is 68.5 cm³/mol. The Labute approximate surface area is 117 Å². The van der Waals surface area contributed by atoms with Crippen molar-refractivity contribution in [1.29, 1.82) is 0 Å². The van der Waals surface area contributed by atoms with E-state index in [0.29, 0.717) is 13.0 Å². The van der Waals surface area contributed by atoms with Crippen molar-refractivity contribution in [3.63, 3.8) is 0 Å². The van der Waals surface area contributed by atoms with Crippen LogP contribution < -0.4 is 0 Å². The van der Waals surface area contributed by atoms with Gasteiger partial charge in [0.05, 0.1) is 18.8 Å². The second kappa shape index (κ2) is 4.79. The minimum atomic E-state index is -1.07. The van der Waals surface area contributed by atoms with Crippen LogP contribution in [0.5, 0.6) is 0 Å². The summed E-state index contributed by atoms with van der Waals surface area (Å²) in [5.41, 5.74) is 1.00. The molecule has 1 aromatic carbocycles. The summed E-state index contributed by atoms with van der Waals surface area (Å²) in [5, 5.41) is 19.6. The standard InChI is InChI=1S/C15H18O5/c16-13-12-9-7-18-15(8-4-2-1-3-5-8)20-10(9)6-11(12)19-14(13)17/h1-5,9-17H,6-7H2/t9-,10+,11-,12?,13+,14?,15?/m1/s1. The molecule has 0 spiro atoms. The van der Waals surface area contributed by atoms with Gasteiger partial charge >= 0.3 is 0 Å². The van der Waals surface area contributed by atoms with Gasteiger partial charge in [-0.15, -0.1) is 0 Å². The Hall–Kier alpha value is -0.980. The van der Waals surface area contributed by atoms with Gasteiger partial charge in [0.2, 0.25) is 0 Å². The normalized spacial score (nSPS) is 47.0. The zero-order chi connectivity index (χ0) is 13.7. The number of ether oxygens (including phenoxy) is 3. The lowest BCUT2D eigenvalue weighted by atomic mass is 9.90. The Bertz CT molecular complexity index is 478. The number of benzene rings is 1. The van der Waals surface area contributed by atoms with Gasteiger partial charge in [-0.25, -0.2) is 0 Å². The second-order valence-electron chi connectivity index (χ2n) is 5.78. The molecule has 108 valence electrons. The van der Waals surface area contributed by atoms with Crippen LogP contribution in [-0.4, -0.2) is 41.4 Å². The molecule has 20 heavy (non-hydrogen) atoms. The van der Waals surface area contributed by atoms with Crippen LogP contribution in [0, 0.1) is 11.8 Å². The lowest BCUT2D eigenvalue weighted by Gasteiger charge is -2.35. The summed E-state index contributed by atoms with van der Waals surface area (Å²) in [6.45, 7) is 0.526. The molecule has 2 aliphatic heterocycles. The van der Waals surface area contributed by atoms with E-state index in [-0.39, 0.29) is 30.3 Å². The summed E-state index contributed by atoms with van der Waals surface area (Å²) in [6.07, 6.45) is -1.67. The third-order valence-corrected chi connectivity index (χ3v) is 4.68. The Morgan fingerprint density at radius 1 is 1.00 bits per heavy atom. The molecule has 0 amide bonds. The van der Waals surface area contributed by atoms with E-state index in [0.717, 1.165) is 5.56 Å². The van der Waals surface area contributed by atoms with Gasteiger partial charge in [0.25, 0.3) is 0 Å². The minimum absolute atomic E-state index is 0.0195. The Balaban J connectivity index is 1.50. The second-order valence-corrected chi connectivity index (χ2v) is 5.78. The molecule has 1 aromatic rings. The maximum absolute atomic E-state index is 10.0. The molecule has 3 unspecified atom stereocenters. The average Bonchev–Trinajstić information content (AvgIpc) is 2.96. The first-order valence-electron chi connectivity index (χ1n) is 7.07. The third-order valence-electron chi connectivity index (χ3n) is 4.68. The van der Waals surface area contributed by atoms with E-state index in [1.165, 1.54) is 0 Å². The van der Waals surface area contributed by atoms with Gasteiger partial charge in [-0.2, -0.15) is 0 Å². The molecule has 7 atom stereocenters. The Kier molecular flexibility index (Phi) is 3.05. The maximum Gasteiger partial charge on any atom is 0.184 e. The van der Waals surface area contributed by atoms with Crippen molar-refractivity contribution in [3.05, 3.63) is 35.9 Å². The molecule has 5 nitrogen and oxygen atoms in total. The topological polar surface area (TPSA) is 68.2 Å². The molecule has 3 aliphatic rings. The summed E-state index contributed by atoms with van der Waals surface area (Å²) in [6, 6.07) is 9.84. The van der Waals surface area contributed by atoms with Crippen LogP contribution in [0.3, 0.4) is 0 Å². The van der Waals surface area contributed by atoms with Gasteiger partial charge in [0, 0.05) is 23.8 Å². The number of hydrogen-bond acceptors (Lipinski definition) is 5. The number of rotatable bonds is 1. The first-order valence-corrected chi connectivity index (χ1v) is 7.07. The molecule has 2 saturated heterocycles. The first kappa shape index (κ1) is 12.7. The highest BCUT2D eigenvalue weighted by Gasteiger charge is 2.56. The molecule has 1 saturated carbocycles. The van der Waals surface area contributed by atoms with E-state index in [2.05, 4.69) is 0 Å². The fourth-order valence-electron chi connectivity index (χ4n) is 3.71. The fraction of sp³-hybridized carbons (Fsp3) is 0.600. The maximum atomic E-state index is 10.0. The highest BCUT2D eigenvalue weighted by molar-refractivity contribution is 5.17. The molecule has 0 bridgehead atoms. The van der Waals surface area contributed by atoms with E-state index in [1.807, 2.05) is 30.3 Å². The highest BCUT2D eigenvalue weighted by atomic mass is 16.7. The molecule has 1 aliphatic carbocycles. The lowest BCUT2D eigenvalue weighted by molar-refractivity contribution is -0.245. The van der Waals surface area contributed by atoms with E-state index in [4.69, 9.17) is 14.2 Å². The highest BCUT2D eigenvalue weighted by Crippen LogP contribution is 2.48. The Morgan fingerprint density at radius 3 is 2.60 bits per heavy atom. The lowest BCUT2D eigenvalue weighted by Crippen LogP contribution is -2.40. The van der Waals surface area contributed by atoms with Crippen molar-refractivity contribution < 1.29 is 24.4 Å². The largest absolute Gasteiger partial charge is 0.387 e. The van der Waals surface area contributed by atoms with Crippen molar-refractivity contribution >= 4 is 0 Å². The minimum Gasteiger partial charge on any atom is -0.387 e. The summed E-state index contributed by atoms with van der Waals surface area (Å²) >= 11 is 0. The smallest absolute Gasteiger partial charge is 0.184 e. The number of aliphatic hydroxyl groups is 2. The molecular weight excluding hydrogens is 260 g/mol. The molecule has 3 fully saturated rings. The Morgan fingerprint density at radius 2 is 1.80 bits per heavy atom. The van der Waals surface area contributed by atoms with Gasteiger partial charge in [-0.1, -0.05) is 30.3 Å². The van der Waals surface area contributed by atoms with E-state index < -0.39 is 12.4 Å². The van der Waals surface area contributed by atoms with Gasteiger partial charge in [-0.3, -0.25) is 0 Å². The molecule has 0 aromatic heterocycles. The first-order chi connectivity index (χ1) is 9.74. The van der Waals surface area contributed by atoms with Crippen LogP contribution in [0.4, 0.5) is 0 Å². The molecule has 2 N–H and O–H groups in total. The van der Waals surface area contributed by atoms with Gasteiger partial charge in [0.15, 0.2) is 12.6 Å². The molecule has 5 heteroatoms. The predicted octanol–water partition coefficient (Wildman–Crippen LogP) is 0.815. The number of fused-ring (bicyclic) bond motifs is 3. The van der Waals surface area contributed by atoms with Crippen LogP contribution in [-0.2, 0) is 14.2 Å². The van der Waals surface area contributed by atoms with Crippen molar-refractivity contribution in [3.8, 4) is 0 Å². The SMILES string of the molecule is OC1O[C@@H]2C[C@@H]3OC(c4ccccc4)OC[C@H]3C2[C@@H]1O. The van der Waals surface area contributed by atoms with Gasteiger partial charge in [0.1, 0.15) is 6.10 Å². The number of hydrogen-bond donors (Lipinski definition) is 2. The van der Waals surface area contributed by atoms with E-state index in [1.54, 1.807) is 0 Å². The van der Waals surface area contributed by atoms with Crippen molar-refractivity contribution in [1.82, 2.24) is 0 Å². The zero-order valence-corrected chi connectivity index (χ0v) is 11.0. The van der Waals surface area contributed by atoms with Crippen LogP contribution in [0.15, 0.2) is 30.3 Å². The van der Waals surface area contributed by atoms with Crippen molar-refractivity contribution in [2.75, 3.05) is 6.61 Å². The van der Waals surface area contributed by atoms with Crippen LogP contribution in [0.25, 0.3) is 0 Å². The molecule has 2 heterocycles. The fourth-order valence-corrected chi connectivity index (χ4v) is 3.71.